The lowest BCUT2D eigenvalue weighted by molar-refractivity contribution is -0.155. The van der Waals surface area contributed by atoms with Gasteiger partial charge in [0.15, 0.2) is 0 Å². The van der Waals surface area contributed by atoms with Crippen LogP contribution >= 0.6 is 0 Å². The van der Waals surface area contributed by atoms with E-state index in [4.69, 9.17) is 0 Å². The Labute approximate surface area is 162 Å². The van der Waals surface area contributed by atoms with Crippen LogP contribution in [0.3, 0.4) is 0 Å². The van der Waals surface area contributed by atoms with Crippen LogP contribution in [0.5, 0.6) is 0 Å². The number of aliphatic hydroxyl groups is 1. The fourth-order valence-corrected chi connectivity index (χ4v) is 2.73. The van der Waals surface area contributed by atoms with Crippen LogP contribution in [0.15, 0.2) is 24.3 Å². The predicted molar refractivity (Wildman–Crippen MR) is 100 cm³/mol. The van der Waals surface area contributed by atoms with Gasteiger partial charge in [0.2, 0.25) is 12.2 Å². The molecule has 1 aromatic rings. The molecule has 152 valence electrons. The molecule has 1 aliphatic heterocycles. The molecular formula is C19H25N3O6. The first-order chi connectivity index (χ1) is 13.0. The average molecular weight is 391 g/mol. The molecular weight excluding hydrogens is 366 g/mol. The number of aliphatic hydroxyl groups excluding tert-OH is 1. The minimum Gasteiger partial charge on any atom is -0.434 e. The van der Waals surface area contributed by atoms with Gasteiger partial charge in [0.05, 0.1) is 6.42 Å². The van der Waals surface area contributed by atoms with E-state index in [0.717, 1.165) is 5.56 Å². The molecule has 1 saturated heterocycles. The number of benzene rings is 1. The van der Waals surface area contributed by atoms with Gasteiger partial charge in [0.25, 0.3) is 0 Å². The summed E-state index contributed by atoms with van der Waals surface area (Å²) in [4.78, 5) is 47.6. The van der Waals surface area contributed by atoms with Crippen LogP contribution in [-0.4, -0.2) is 47.2 Å². The molecule has 3 unspecified atom stereocenters. The summed E-state index contributed by atoms with van der Waals surface area (Å²) in [5.41, 5.74) is 1.13. The SMILES string of the molecule is CC(NC(=O)C(=O)Nc1ccccc1C(C)(C)C)C(=O)NC1CC(=O)OC1O. The van der Waals surface area contributed by atoms with Crippen LogP contribution in [0.4, 0.5) is 5.69 Å². The maximum atomic E-state index is 12.2. The fourth-order valence-electron chi connectivity index (χ4n) is 2.73. The minimum atomic E-state index is -1.43. The molecule has 2 rings (SSSR count). The third-order valence-electron chi connectivity index (χ3n) is 4.24. The number of cyclic esters (lactones) is 1. The van der Waals surface area contributed by atoms with E-state index < -0.39 is 42.1 Å². The third-order valence-corrected chi connectivity index (χ3v) is 4.24. The summed E-state index contributed by atoms with van der Waals surface area (Å²) in [6, 6.07) is 5.19. The number of ether oxygens (including phenoxy) is 1. The van der Waals surface area contributed by atoms with Crippen LogP contribution < -0.4 is 16.0 Å². The van der Waals surface area contributed by atoms with Crippen LogP contribution in [0.25, 0.3) is 0 Å². The Hall–Kier alpha value is -2.94. The van der Waals surface area contributed by atoms with Crippen molar-refractivity contribution < 1.29 is 29.0 Å². The van der Waals surface area contributed by atoms with Gasteiger partial charge in [-0.1, -0.05) is 39.0 Å². The van der Waals surface area contributed by atoms with Crippen molar-refractivity contribution in [1.82, 2.24) is 10.6 Å². The van der Waals surface area contributed by atoms with E-state index in [1.54, 1.807) is 12.1 Å². The maximum absolute atomic E-state index is 12.2. The van der Waals surface area contributed by atoms with Gasteiger partial charge in [-0.25, -0.2) is 0 Å². The molecule has 28 heavy (non-hydrogen) atoms. The zero-order chi connectivity index (χ0) is 21.1. The highest BCUT2D eigenvalue weighted by Crippen LogP contribution is 2.29. The molecule has 1 heterocycles. The first kappa shape index (κ1) is 21.4. The lowest BCUT2D eigenvalue weighted by Crippen LogP contribution is -2.52. The monoisotopic (exact) mass is 391 g/mol. The van der Waals surface area contributed by atoms with Crippen molar-refractivity contribution in [3.63, 3.8) is 0 Å². The Bertz CT molecular complexity index is 786. The third kappa shape index (κ3) is 5.29. The topological polar surface area (TPSA) is 134 Å². The molecule has 0 spiro atoms. The molecule has 0 saturated carbocycles. The van der Waals surface area contributed by atoms with Crippen molar-refractivity contribution in [2.45, 2.75) is 57.9 Å². The molecule has 4 N–H and O–H groups in total. The largest absolute Gasteiger partial charge is 0.434 e. The summed E-state index contributed by atoms with van der Waals surface area (Å²) in [6.45, 7) is 7.33. The first-order valence-corrected chi connectivity index (χ1v) is 8.88. The number of carbonyl (C=O) groups excluding carboxylic acids is 4. The second-order valence-electron chi connectivity index (χ2n) is 7.64. The molecule has 0 aromatic heterocycles. The summed E-state index contributed by atoms with van der Waals surface area (Å²) in [5, 5.41) is 16.8. The van der Waals surface area contributed by atoms with Gasteiger partial charge in [-0.05, 0) is 24.0 Å². The Morgan fingerprint density at radius 1 is 1.18 bits per heavy atom. The normalized spacial score (nSPS) is 20.1. The van der Waals surface area contributed by atoms with Gasteiger partial charge in [-0.2, -0.15) is 0 Å². The molecule has 9 heteroatoms. The molecule has 1 fully saturated rings. The number of esters is 1. The summed E-state index contributed by atoms with van der Waals surface area (Å²) in [7, 11) is 0. The highest BCUT2D eigenvalue weighted by Gasteiger charge is 2.35. The summed E-state index contributed by atoms with van der Waals surface area (Å²) >= 11 is 0. The predicted octanol–water partition coefficient (Wildman–Crippen LogP) is 0.177. The number of rotatable bonds is 4. The average Bonchev–Trinajstić information content (AvgIpc) is 2.91. The van der Waals surface area contributed by atoms with Crippen molar-refractivity contribution in [3.8, 4) is 0 Å². The van der Waals surface area contributed by atoms with Gasteiger partial charge in [0.1, 0.15) is 12.1 Å². The number of carbonyl (C=O) groups is 4. The second kappa shape index (κ2) is 8.39. The molecule has 3 atom stereocenters. The van der Waals surface area contributed by atoms with Crippen LogP contribution in [-0.2, 0) is 29.3 Å². The lowest BCUT2D eigenvalue weighted by Gasteiger charge is -2.23. The van der Waals surface area contributed by atoms with E-state index >= 15 is 0 Å². The molecule has 9 nitrogen and oxygen atoms in total. The van der Waals surface area contributed by atoms with E-state index in [1.165, 1.54) is 6.92 Å². The Balaban J connectivity index is 1.94. The number of anilines is 1. The van der Waals surface area contributed by atoms with Gasteiger partial charge in [-0.3, -0.25) is 19.2 Å². The van der Waals surface area contributed by atoms with Crippen molar-refractivity contribution in [1.29, 1.82) is 0 Å². The van der Waals surface area contributed by atoms with Crippen molar-refractivity contribution in [2.75, 3.05) is 5.32 Å². The first-order valence-electron chi connectivity index (χ1n) is 8.88. The van der Waals surface area contributed by atoms with E-state index in [2.05, 4.69) is 20.7 Å². The van der Waals surface area contributed by atoms with Crippen molar-refractivity contribution in [3.05, 3.63) is 29.8 Å². The lowest BCUT2D eigenvalue weighted by atomic mass is 9.86. The minimum absolute atomic E-state index is 0.169. The number of amides is 3. The maximum Gasteiger partial charge on any atom is 0.313 e. The van der Waals surface area contributed by atoms with Crippen molar-refractivity contribution >= 4 is 29.4 Å². The number of hydrogen-bond donors (Lipinski definition) is 4. The molecule has 3 amide bonds. The van der Waals surface area contributed by atoms with Crippen molar-refractivity contribution in [2.24, 2.45) is 0 Å². The Morgan fingerprint density at radius 2 is 1.82 bits per heavy atom. The Kier molecular flexibility index (Phi) is 6.40. The molecule has 0 bridgehead atoms. The highest BCUT2D eigenvalue weighted by molar-refractivity contribution is 6.40. The quantitative estimate of drug-likeness (QED) is 0.427. The zero-order valence-electron chi connectivity index (χ0n) is 16.2. The van der Waals surface area contributed by atoms with E-state index in [1.807, 2.05) is 32.9 Å². The van der Waals surface area contributed by atoms with E-state index in [9.17, 15) is 24.3 Å². The Morgan fingerprint density at radius 3 is 2.39 bits per heavy atom. The molecule has 1 aromatic carbocycles. The van der Waals surface area contributed by atoms with Crippen LogP contribution in [0.2, 0.25) is 0 Å². The van der Waals surface area contributed by atoms with E-state index in [0.29, 0.717) is 5.69 Å². The van der Waals surface area contributed by atoms with Crippen LogP contribution in [0, 0.1) is 0 Å². The summed E-state index contributed by atoms with van der Waals surface area (Å²) in [6.07, 6.45) is -1.60. The van der Waals surface area contributed by atoms with Gasteiger partial charge in [-0.15, -0.1) is 0 Å². The summed E-state index contributed by atoms with van der Waals surface area (Å²) < 4.78 is 4.53. The fraction of sp³-hybridized carbons (Fsp3) is 0.474. The van der Waals surface area contributed by atoms with E-state index in [-0.39, 0.29) is 11.8 Å². The molecule has 0 aliphatic carbocycles. The zero-order valence-corrected chi connectivity index (χ0v) is 16.2. The smallest absolute Gasteiger partial charge is 0.313 e. The van der Waals surface area contributed by atoms with Gasteiger partial charge < -0.3 is 25.8 Å². The number of para-hydroxylation sites is 1. The van der Waals surface area contributed by atoms with Gasteiger partial charge in [0, 0.05) is 5.69 Å². The highest BCUT2D eigenvalue weighted by atomic mass is 16.6. The van der Waals surface area contributed by atoms with Crippen LogP contribution in [0.1, 0.15) is 39.7 Å². The standard InChI is InChI=1S/C19H25N3O6/c1-10(15(24)22-13-9-14(23)28-18(13)27)20-16(25)17(26)21-12-8-6-5-7-11(12)19(2,3)4/h5-8,10,13,18,27H,9H2,1-4H3,(H,20,25)(H,21,26)(H,22,24). The number of hydrogen-bond acceptors (Lipinski definition) is 6. The molecule has 0 radical (unpaired) electrons. The molecule has 1 aliphatic rings. The summed E-state index contributed by atoms with van der Waals surface area (Å²) in [5.74, 6) is -3.17. The second-order valence-corrected chi connectivity index (χ2v) is 7.64. The number of nitrogens with one attached hydrogen (secondary N) is 3. The van der Waals surface area contributed by atoms with Gasteiger partial charge >= 0.3 is 17.8 Å².